The third-order valence-corrected chi connectivity index (χ3v) is 2.49. The molecule has 0 saturated heterocycles. The Bertz CT molecular complexity index is 390. The summed E-state index contributed by atoms with van der Waals surface area (Å²) >= 11 is 0. The van der Waals surface area contributed by atoms with E-state index in [1.807, 2.05) is 12.1 Å². The highest BCUT2D eigenvalue weighted by Crippen LogP contribution is 2.30. The van der Waals surface area contributed by atoms with Gasteiger partial charge in [0.2, 0.25) is 0 Å². The Morgan fingerprint density at radius 2 is 2.07 bits per heavy atom. The number of hydrogen-bond acceptors (Lipinski definition) is 2. The maximum Gasteiger partial charge on any atom is 0.134 e. The first-order valence-corrected chi connectivity index (χ1v) is 4.64. The van der Waals surface area contributed by atoms with Crippen LogP contribution in [0.4, 0.5) is 11.5 Å². The minimum absolute atomic E-state index is 0.936. The van der Waals surface area contributed by atoms with Crippen LogP contribution in [0.5, 0.6) is 0 Å². The minimum atomic E-state index is 0.936. The van der Waals surface area contributed by atoms with Gasteiger partial charge in [0.05, 0.1) is 6.20 Å². The van der Waals surface area contributed by atoms with Crippen molar-refractivity contribution in [2.75, 3.05) is 5.32 Å². The van der Waals surface area contributed by atoms with Crippen molar-refractivity contribution in [3.05, 3.63) is 53.7 Å². The second-order valence-electron chi connectivity index (χ2n) is 3.41. The molecule has 0 amide bonds. The van der Waals surface area contributed by atoms with E-state index < -0.39 is 0 Å². The average molecular weight is 181 g/mol. The minimum Gasteiger partial charge on any atom is -0.340 e. The Hall–Kier alpha value is -1.83. The largest absolute Gasteiger partial charge is 0.340 e. The summed E-state index contributed by atoms with van der Waals surface area (Å²) in [6.45, 7) is 0. The zero-order chi connectivity index (χ0) is 9.38. The number of hydrogen-bond donors (Lipinski definition) is 1. The Kier molecular flexibility index (Phi) is 1.53. The average Bonchev–Trinajstić information content (AvgIpc) is 2.26. The Balaban J connectivity index is 2.12. The first-order valence-electron chi connectivity index (χ1n) is 4.64. The standard InChI is InChI=1S/C12H9N2/c1-2-6-11-9(4-1)8-10-5-3-7-13-12(10)14-11/h1-6H,8H2,(H,13,14). The lowest BCUT2D eigenvalue weighted by Crippen LogP contribution is -2.07. The van der Waals surface area contributed by atoms with Gasteiger partial charge in [0.15, 0.2) is 0 Å². The van der Waals surface area contributed by atoms with Gasteiger partial charge in [0, 0.05) is 12.1 Å². The molecule has 1 aliphatic heterocycles. The molecule has 0 fully saturated rings. The monoisotopic (exact) mass is 181 g/mol. The van der Waals surface area contributed by atoms with Crippen LogP contribution in [0.1, 0.15) is 11.1 Å². The van der Waals surface area contributed by atoms with Gasteiger partial charge in [-0.15, -0.1) is 0 Å². The van der Waals surface area contributed by atoms with E-state index in [1.54, 1.807) is 0 Å². The van der Waals surface area contributed by atoms with Gasteiger partial charge in [-0.05, 0) is 23.3 Å². The van der Waals surface area contributed by atoms with Crippen molar-refractivity contribution in [3.63, 3.8) is 0 Å². The second kappa shape index (κ2) is 2.84. The topological polar surface area (TPSA) is 24.9 Å². The molecule has 0 bridgehead atoms. The highest BCUT2D eigenvalue weighted by atomic mass is 15.0. The first-order chi connectivity index (χ1) is 6.93. The maximum atomic E-state index is 4.18. The molecule has 67 valence electrons. The predicted molar refractivity (Wildman–Crippen MR) is 55.6 cm³/mol. The summed E-state index contributed by atoms with van der Waals surface area (Å²) in [5.74, 6) is 0.936. The molecule has 1 aromatic heterocycles. The van der Waals surface area contributed by atoms with Crippen molar-refractivity contribution in [2.24, 2.45) is 0 Å². The van der Waals surface area contributed by atoms with E-state index in [9.17, 15) is 0 Å². The van der Waals surface area contributed by atoms with Crippen molar-refractivity contribution in [3.8, 4) is 0 Å². The van der Waals surface area contributed by atoms with Crippen molar-refractivity contribution >= 4 is 11.5 Å². The van der Waals surface area contributed by atoms with Gasteiger partial charge in [0.1, 0.15) is 5.82 Å². The molecule has 0 atom stereocenters. The smallest absolute Gasteiger partial charge is 0.134 e. The van der Waals surface area contributed by atoms with Crippen LogP contribution >= 0.6 is 0 Å². The summed E-state index contributed by atoms with van der Waals surface area (Å²) in [4.78, 5) is 4.18. The maximum absolute atomic E-state index is 4.18. The first kappa shape index (κ1) is 7.56. The molecule has 1 aromatic carbocycles. The van der Waals surface area contributed by atoms with Crippen molar-refractivity contribution in [2.45, 2.75) is 6.42 Å². The molecule has 2 heterocycles. The molecule has 0 aliphatic carbocycles. The molecule has 2 heteroatoms. The molecule has 3 rings (SSSR count). The highest BCUT2D eigenvalue weighted by molar-refractivity contribution is 5.68. The summed E-state index contributed by atoms with van der Waals surface area (Å²) < 4.78 is 0. The van der Waals surface area contributed by atoms with E-state index >= 15 is 0 Å². The number of para-hydroxylation sites is 1. The zero-order valence-electron chi connectivity index (χ0n) is 7.62. The van der Waals surface area contributed by atoms with E-state index in [-0.39, 0.29) is 0 Å². The number of benzene rings is 1. The summed E-state index contributed by atoms with van der Waals surface area (Å²) in [6.07, 6.45) is 3.80. The van der Waals surface area contributed by atoms with Crippen LogP contribution in [0, 0.1) is 6.20 Å². The van der Waals surface area contributed by atoms with E-state index in [2.05, 4.69) is 40.8 Å². The molecule has 1 radical (unpaired) electrons. The molecule has 0 saturated carbocycles. The third kappa shape index (κ3) is 1.08. The molecular weight excluding hydrogens is 172 g/mol. The summed E-state index contributed by atoms with van der Waals surface area (Å²) in [7, 11) is 0. The van der Waals surface area contributed by atoms with Crippen molar-refractivity contribution < 1.29 is 0 Å². The van der Waals surface area contributed by atoms with Gasteiger partial charge >= 0.3 is 0 Å². The quantitative estimate of drug-likeness (QED) is 0.576. The fraction of sp³-hybridized carbons (Fsp3) is 0.0833. The summed E-state index contributed by atoms with van der Waals surface area (Å²) in [6, 6.07) is 12.2. The van der Waals surface area contributed by atoms with E-state index in [1.165, 1.54) is 11.1 Å². The predicted octanol–water partition coefficient (Wildman–Crippen LogP) is 2.53. The molecule has 0 unspecified atom stereocenters. The van der Waals surface area contributed by atoms with Gasteiger partial charge in [-0.1, -0.05) is 24.3 Å². The number of fused-ring (bicyclic) bond motifs is 2. The Morgan fingerprint density at radius 1 is 1.14 bits per heavy atom. The molecule has 2 nitrogen and oxygen atoms in total. The zero-order valence-corrected chi connectivity index (χ0v) is 7.62. The molecule has 14 heavy (non-hydrogen) atoms. The number of aromatic nitrogens is 1. The lowest BCUT2D eigenvalue weighted by Gasteiger charge is -2.19. The lowest BCUT2D eigenvalue weighted by molar-refractivity contribution is 1.11. The van der Waals surface area contributed by atoms with Crippen LogP contribution in [0.25, 0.3) is 0 Å². The van der Waals surface area contributed by atoms with Crippen molar-refractivity contribution in [1.29, 1.82) is 0 Å². The van der Waals surface area contributed by atoms with Crippen LogP contribution in [0.3, 0.4) is 0 Å². The van der Waals surface area contributed by atoms with Crippen LogP contribution in [0.2, 0.25) is 0 Å². The highest BCUT2D eigenvalue weighted by Gasteiger charge is 2.13. The molecule has 0 spiro atoms. The van der Waals surface area contributed by atoms with Crippen LogP contribution < -0.4 is 5.32 Å². The van der Waals surface area contributed by atoms with E-state index in [4.69, 9.17) is 0 Å². The SMILES string of the molecule is [c]1ccc2c(n1)Nc1ccccc1C2. The fourth-order valence-corrected chi connectivity index (χ4v) is 1.77. The Labute approximate surface area is 82.6 Å². The molecule has 1 aliphatic rings. The van der Waals surface area contributed by atoms with E-state index in [0.717, 1.165) is 17.9 Å². The lowest BCUT2D eigenvalue weighted by atomic mass is 10.0. The van der Waals surface area contributed by atoms with Gasteiger partial charge < -0.3 is 5.32 Å². The molecular formula is C12H9N2. The van der Waals surface area contributed by atoms with Crippen molar-refractivity contribution in [1.82, 2.24) is 4.98 Å². The van der Waals surface area contributed by atoms with Crippen LogP contribution in [0.15, 0.2) is 36.4 Å². The molecule has 1 N–H and O–H groups in total. The molecule has 2 aromatic rings. The van der Waals surface area contributed by atoms with Crippen LogP contribution in [-0.4, -0.2) is 4.98 Å². The normalized spacial score (nSPS) is 12.6. The number of nitrogens with zero attached hydrogens (tertiary/aromatic N) is 1. The number of anilines is 2. The van der Waals surface area contributed by atoms with Gasteiger partial charge in [0.25, 0.3) is 0 Å². The number of nitrogens with one attached hydrogen (secondary N) is 1. The van der Waals surface area contributed by atoms with Gasteiger partial charge in [-0.25, -0.2) is 4.98 Å². The van der Waals surface area contributed by atoms with Crippen LogP contribution in [-0.2, 0) is 6.42 Å². The Morgan fingerprint density at radius 3 is 3.07 bits per heavy atom. The number of rotatable bonds is 0. The van der Waals surface area contributed by atoms with E-state index in [0.29, 0.717) is 0 Å². The second-order valence-corrected chi connectivity index (χ2v) is 3.41. The number of pyridine rings is 1. The van der Waals surface area contributed by atoms with Gasteiger partial charge in [-0.3, -0.25) is 0 Å². The third-order valence-electron chi connectivity index (χ3n) is 2.49. The fourth-order valence-electron chi connectivity index (χ4n) is 1.77. The van der Waals surface area contributed by atoms with Gasteiger partial charge in [-0.2, -0.15) is 0 Å². The summed E-state index contributed by atoms with van der Waals surface area (Å²) in [5.41, 5.74) is 3.72. The summed E-state index contributed by atoms with van der Waals surface area (Å²) in [5, 5.41) is 3.30.